The van der Waals surface area contributed by atoms with E-state index in [4.69, 9.17) is 8.85 Å². The molecular formula is C10H25NO2Si. The van der Waals surface area contributed by atoms with Gasteiger partial charge in [-0.1, -0.05) is 13.8 Å². The van der Waals surface area contributed by atoms with Gasteiger partial charge >= 0.3 is 9.28 Å². The Kier molecular flexibility index (Phi) is 8.47. The van der Waals surface area contributed by atoms with E-state index in [1.165, 1.54) is 6.42 Å². The van der Waals surface area contributed by atoms with Crippen LogP contribution in [-0.4, -0.2) is 47.5 Å². The van der Waals surface area contributed by atoms with Crippen molar-refractivity contribution in [1.82, 2.24) is 4.90 Å². The fraction of sp³-hybridized carbons (Fsp3) is 1.00. The van der Waals surface area contributed by atoms with Crippen LogP contribution in [0.2, 0.25) is 6.04 Å². The van der Waals surface area contributed by atoms with Crippen molar-refractivity contribution in [1.29, 1.82) is 0 Å². The molecule has 0 fully saturated rings. The third-order valence-corrected chi connectivity index (χ3v) is 4.64. The average Bonchev–Trinajstić information content (AvgIpc) is 2.21. The quantitative estimate of drug-likeness (QED) is 0.579. The van der Waals surface area contributed by atoms with Crippen LogP contribution in [0.3, 0.4) is 0 Å². The highest BCUT2D eigenvalue weighted by molar-refractivity contribution is 6.44. The summed E-state index contributed by atoms with van der Waals surface area (Å²) in [6.45, 7) is 8.96. The van der Waals surface area contributed by atoms with Gasteiger partial charge in [-0.05, 0) is 32.5 Å². The zero-order chi connectivity index (χ0) is 11.0. The van der Waals surface area contributed by atoms with Crippen molar-refractivity contribution >= 4 is 9.28 Å². The van der Waals surface area contributed by atoms with E-state index in [0.29, 0.717) is 6.04 Å². The number of rotatable bonds is 8. The standard InChI is InChI=1S/C10H25NO2Si/c1-6-11(7-2)10(3)8-9-14(12-4)13-5/h10,14H,6-9H2,1-5H3. The van der Waals surface area contributed by atoms with Crippen molar-refractivity contribution in [3.8, 4) is 0 Å². The van der Waals surface area contributed by atoms with Gasteiger partial charge in [0.2, 0.25) is 0 Å². The van der Waals surface area contributed by atoms with E-state index >= 15 is 0 Å². The maximum atomic E-state index is 5.30. The number of hydrogen-bond donors (Lipinski definition) is 0. The number of nitrogens with zero attached hydrogens (tertiary/aromatic N) is 1. The number of hydrogen-bond acceptors (Lipinski definition) is 3. The van der Waals surface area contributed by atoms with Crippen molar-refractivity contribution < 1.29 is 8.85 Å². The summed E-state index contributed by atoms with van der Waals surface area (Å²) in [5.74, 6) is 0. The highest BCUT2D eigenvalue weighted by atomic mass is 28.3. The predicted octanol–water partition coefficient (Wildman–Crippen LogP) is 1.62. The van der Waals surface area contributed by atoms with Crippen LogP contribution < -0.4 is 0 Å². The van der Waals surface area contributed by atoms with Crippen LogP contribution in [0.15, 0.2) is 0 Å². The lowest BCUT2D eigenvalue weighted by molar-refractivity contribution is 0.217. The van der Waals surface area contributed by atoms with Crippen LogP contribution in [0.25, 0.3) is 0 Å². The zero-order valence-corrected chi connectivity index (χ0v) is 11.4. The van der Waals surface area contributed by atoms with Crippen LogP contribution in [-0.2, 0) is 8.85 Å². The molecule has 4 heteroatoms. The topological polar surface area (TPSA) is 21.7 Å². The van der Waals surface area contributed by atoms with E-state index < -0.39 is 9.28 Å². The van der Waals surface area contributed by atoms with E-state index in [2.05, 4.69) is 25.7 Å². The molecule has 0 saturated heterocycles. The molecule has 0 amide bonds. The lowest BCUT2D eigenvalue weighted by Crippen LogP contribution is -2.34. The molecule has 1 unspecified atom stereocenters. The Morgan fingerprint density at radius 1 is 1.14 bits per heavy atom. The van der Waals surface area contributed by atoms with E-state index in [1.807, 2.05) is 0 Å². The summed E-state index contributed by atoms with van der Waals surface area (Å²) in [5, 5.41) is 0. The Hall–Kier alpha value is 0.0969. The fourth-order valence-corrected chi connectivity index (χ4v) is 3.16. The van der Waals surface area contributed by atoms with Crippen molar-refractivity contribution in [2.24, 2.45) is 0 Å². The molecule has 0 spiro atoms. The van der Waals surface area contributed by atoms with Gasteiger partial charge in [0.15, 0.2) is 0 Å². The second kappa shape index (κ2) is 8.41. The molecule has 0 aromatic heterocycles. The summed E-state index contributed by atoms with van der Waals surface area (Å²) in [6.07, 6.45) is 1.18. The van der Waals surface area contributed by atoms with Crippen LogP contribution in [0.5, 0.6) is 0 Å². The third kappa shape index (κ3) is 5.10. The van der Waals surface area contributed by atoms with E-state index in [-0.39, 0.29) is 0 Å². The molecule has 0 aliphatic rings. The summed E-state index contributed by atoms with van der Waals surface area (Å²) < 4.78 is 10.6. The molecule has 14 heavy (non-hydrogen) atoms. The van der Waals surface area contributed by atoms with Gasteiger partial charge in [0.1, 0.15) is 0 Å². The second-order valence-electron chi connectivity index (χ2n) is 3.55. The minimum atomic E-state index is -1.34. The summed E-state index contributed by atoms with van der Waals surface area (Å²) in [4.78, 5) is 2.47. The first-order valence-corrected chi connectivity index (χ1v) is 7.25. The lowest BCUT2D eigenvalue weighted by atomic mass is 10.2. The van der Waals surface area contributed by atoms with Gasteiger partial charge < -0.3 is 13.8 Å². The first kappa shape index (κ1) is 14.1. The molecule has 0 radical (unpaired) electrons. The zero-order valence-electron chi connectivity index (χ0n) is 10.2. The molecule has 0 aliphatic carbocycles. The minimum absolute atomic E-state index is 0.644. The SMILES string of the molecule is CCN(CC)C(C)CC[SiH](OC)OC. The lowest BCUT2D eigenvalue weighted by Gasteiger charge is -2.26. The van der Waals surface area contributed by atoms with Gasteiger partial charge in [0.05, 0.1) is 0 Å². The fourth-order valence-electron chi connectivity index (χ4n) is 1.74. The van der Waals surface area contributed by atoms with Gasteiger partial charge in [-0.3, -0.25) is 0 Å². The van der Waals surface area contributed by atoms with Gasteiger partial charge in [0, 0.05) is 20.3 Å². The molecule has 0 heterocycles. The van der Waals surface area contributed by atoms with Crippen molar-refractivity contribution in [3.05, 3.63) is 0 Å². The van der Waals surface area contributed by atoms with E-state index in [9.17, 15) is 0 Å². The summed E-state index contributed by atoms with van der Waals surface area (Å²) in [6, 6.07) is 1.75. The van der Waals surface area contributed by atoms with E-state index in [1.54, 1.807) is 14.2 Å². The minimum Gasteiger partial charge on any atom is -0.400 e. The van der Waals surface area contributed by atoms with Gasteiger partial charge in [0.25, 0.3) is 0 Å². The first-order valence-electron chi connectivity index (χ1n) is 5.49. The highest BCUT2D eigenvalue weighted by Crippen LogP contribution is 2.09. The molecule has 0 N–H and O–H groups in total. The predicted molar refractivity (Wildman–Crippen MR) is 63.0 cm³/mol. The van der Waals surface area contributed by atoms with E-state index in [0.717, 1.165) is 19.1 Å². The Bertz CT molecular complexity index is 127. The molecule has 3 nitrogen and oxygen atoms in total. The Morgan fingerprint density at radius 2 is 1.64 bits per heavy atom. The molecule has 0 saturated carbocycles. The summed E-state index contributed by atoms with van der Waals surface area (Å²) in [5.41, 5.74) is 0. The van der Waals surface area contributed by atoms with Gasteiger partial charge in [-0.2, -0.15) is 0 Å². The Balaban J connectivity index is 3.75. The molecule has 1 atom stereocenters. The first-order chi connectivity index (χ1) is 6.69. The molecule has 0 aromatic carbocycles. The monoisotopic (exact) mass is 219 g/mol. The van der Waals surface area contributed by atoms with Gasteiger partial charge in [-0.15, -0.1) is 0 Å². The smallest absolute Gasteiger partial charge is 0.320 e. The molecule has 0 aromatic rings. The largest absolute Gasteiger partial charge is 0.400 e. The molecule has 0 rings (SSSR count). The van der Waals surface area contributed by atoms with Crippen LogP contribution in [0, 0.1) is 0 Å². The van der Waals surface area contributed by atoms with Crippen molar-refractivity contribution in [2.45, 2.75) is 39.3 Å². The normalized spacial score (nSPS) is 13.9. The van der Waals surface area contributed by atoms with Crippen molar-refractivity contribution in [3.63, 3.8) is 0 Å². The summed E-state index contributed by atoms with van der Waals surface area (Å²) >= 11 is 0. The van der Waals surface area contributed by atoms with Crippen LogP contribution in [0.4, 0.5) is 0 Å². The third-order valence-electron chi connectivity index (χ3n) is 2.78. The van der Waals surface area contributed by atoms with Crippen LogP contribution in [0.1, 0.15) is 27.2 Å². The maximum absolute atomic E-state index is 5.30. The molecule has 0 bridgehead atoms. The highest BCUT2D eigenvalue weighted by Gasteiger charge is 2.15. The maximum Gasteiger partial charge on any atom is 0.320 e. The van der Waals surface area contributed by atoms with Crippen molar-refractivity contribution in [2.75, 3.05) is 27.3 Å². The Morgan fingerprint density at radius 3 is 2.00 bits per heavy atom. The summed E-state index contributed by atoms with van der Waals surface area (Å²) in [7, 11) is 2.17. The molecular weight excluding hydrogens is 194 g/mol. The average molecular weight is 219 g/mol. The molecule has 86 valence electrons. The molecule has 0 aliphatic heterocycles. The van der Waals surface area contributed by atoms with Gasteiger partial charge in [-0.25, -0.2) is 0 Å². The Labute approximate surface area is 90.2 Å². The second-order valence-corrected chi connectivity index (χ2v) is 5.93. The van der Waals surface area contributed by atoms with Crippen LogP contribution >= 0.6 is 0 Å².